The molecule has 1 saturated heterocycles. The summed E-state index contributed by atoms with van der Waals surface area (Å²) in [6, 6.07) is 7.51. The number of para-hydroxylation sites is 1. The number of anilines is 2. The molecule has 6 nitrogen and oxygen atoms in total. The lowest BCUT2D eigenvalue weighted by Gasteiger charge is -2.11. The van der Waals surface area contributed by atoms with Crippen molar-refractivity contribution in [2.75, 3.05) is 23.8 Å². The Hall–Kier alpha value is -2.54. The van der Waals surface area contributed by atoms with Crippen molar-refractivity contribution >= 4 is 17.4 Å². The van der Waals surface area contributed by atoms with E-state index in [9.17, 15) is 9.18 Å². The van der Waals surface area contributed by atoms with Gasteiger partial charge in [0.05, 0.1) is 11.8 Å². The van der Waals surface area contributed by atoms with Crippen molar-refractivity contribution in [2.45, 2.75) is 18.9 Å². The largest absolute Gasteiger partial charge is 0.376 e. The van der Waals surface area contributed by atoms with Crippen LogP contribution in [0.5, 0.6) is 0 Å². The Morgan fingerprint density at radius 3 is 3.00 bits per heavy atom. The molecule has 1 aromatic carbocycles. The van der Waals surface area contributed by atoms with Gasteiger partial charge in [-0.15, -0.1) is 0 Å². The van der Waals surface area contributed by atoms with Gasteiger partial charge in [0.15, 0.2) is 0 Å². The van der Waals surface area contributed by atoms with Crippen molar-refractivity contribution in [3.8, 4) is 0 Å². The number of hydrogen-bond acceptors (Lipinski definition) is 5. The summed E-state index contributed by atoms with van der Waals surface area (Å²) in [5, 5.41) is 5.62. The highest BCUT2D eigenvalue weighted by molar-refractivity contribution is 6.03. The van der Waals surface area contributed by atoms with E-state index in [1.165, 1.54) is 24.5 Å². The van der Waals surface area contributed by atoms with Gasteiger partial charge in [0.25, 0.3) is 5.91 Å². The summed E-state index contributed by atoms with van der Waals surface area (Å²) >= 11 is 0. The minimum Gasteiger partial charge on any atom is -0.376 e. The van der Waals surface area contributed by atoms with Crippen molar-refractivity contribution in [2.24, 2.45) is 0 Å². The van der Waals surface area contributed by atoms with Crippen molar-refractivity contribution in [3.63, 3.8) is 0 Å². The number of aromatic nitrogens is 2. The SMILES string of the molecule is O=C(Nc1ccccc1F)c1cc(NCC2CCCO2)ncn1. The number of halogens is 1. The van der Waals surface area contributed by atoms with E-state index in [2.05, 4.69) is 20.6 Å². The number of nitrogens with one attached hydrogen (secondary N) is 2. The summed E-state index contributed by atoms with van der Waals surface area (Å²) in [5.41, 5.74) is 0.281. The maximum atomic E-state index is 13.6. The van der Waals surface area contributed by atoms with Crippen LogP contribution in [0.3, 0.4) is 0 Å². The zero-order chi connectivity index (χ0) is 16.1. The Morgan fingerprint density at radius 2 is 2.22 bits per heavy atom. The molecule has 0 radical (unpaired) electrons. The van der Waals surface area contributed by atoms with E-state index in [1.54, 1.807) is 12.1 Å². The third kappa shape index (κ3) is 4.01. The standard InChI is InChI=1S/C16H17FN4O2/c17-12-5-1-2-6-13(12)21-16(22)14-8-15(20-10-19-14)18-9-11-4-3-7-23-11/h1-2,5-6,8,10-11H,3-4,7,9H2,(H,21,22)(H,18,19,20). The summed E-state index contributed by atoms with van der Waals surface area (Å²) in [4.78, 5) is 20.2. The van der Waals surface area contributed by atoms with Gasteiger partial charge in [-0.05, 0) is 25.0 Å². The van der Waals surface area contributed by atoms with Gasteiger partial charge in [-0.2, -0.15) is 0 Å². The van der Waals surface area contributed by atoms with Crippen LogP contribution in [-0.2, 0) is 4.74 Å². The van der Waals surface area contributed by atoms with Crippen molar-refractivity contribution in [3.05, 3.63) is 48.2 Å². The predicted molar refractivity (Wildman–Crippen MR) is 83.8 cm³/mol. The smallest absolute Gasteiger partial charge is 0.274 e. The van der Waals surface area contributed by atoms with E-state index in [0.717, 1.165) is 19.4 Å². The molecular formula is C16H17FN4O2. The number of ether oxygens (including phenoxy) is 1. The highest BCUT2D eigenvalue weighted by Crippen LogP contribution is 2.15. The number of benzene rings is 1. The van der Waals surface area contributed by atoms with Crippen LogP contribution in [0.25, 0.3) is 0 Å². The molecule has 1 aliphatic rings. The molecule has 23 heavy (non-hydrogen) atoms. The topological polar surface area (TPSA) is 76.1 Å². The van der Waals surface area contributed by atoms with E-state index in [1.807, 2.05) is 0 Å². The van der Waals surface area contributed by atoms with Crippen molar-refractivity contribution in [1.82, 2.24) is 9.97 Å². The van der Waals surface area contributed by atoms with Gasteiger partial charge in [0.2, 0.25) is 0 Å². The number of amides is 1. The van der Waals surface area contributed by atoms with Gasteiger partial charge in [-0.3, -0.25) is 4.79 Å². The zero-order valence-electron chi connectivity index (χ0n) is 12.5. The van der Waals surface area contributed by atoms with Gasteiger partial charge >= 0.3 is 0 Å². The first-order valence-electron chi connectivity index (χ1n) is 7.46. The molecule has 120 valence electrons. The molecule has 1 unspecified atom stereocenters. The lowest BCUT2D eigenvalue weighted by molar-refractivity contribution is 0.102. The fourth-order valence-corrected chi connectivity index (χ4v) is 2.35. The summed E-state index contributed by atoms with van der Waals surface area (Å²) in [5.74, 6) is -0.446. The van der Waals surface area contributed by atoms with Gasteiger partial charge in [0.1, 0.15) is 23.7 Å². The van der Waals surface area contributed by atoms with Gasteiger partial charge in [0, 0.05) is 19.2 Å². The Balaban J connectivity index is 1.64. The molecule has 1 fully saturated rings. The lowest BCUT2D eigenvalue weighted by Crippen LogP contribution is -2.20. The molecule has 2 heterocycles. The molecule has 7 heteroatoms. The molecule has 0 aliphatic carbocycles. The van der Waals surface area contributed by atoms with Crippen LogP contribution in [0.1, 0.15) is 23.3 Å². The highest BCUT2D eigenvalue weighted by Gasteiger charge is 2.16. The molecule has 1 aliphatic heterocycles. The Labute approximate surface area is 133 Å². The van der Waals surface area contributed by atoms with Crippen LogP contribution in [-0.4, -0.2) is 35.1 Å². The lowest BCUT2D eigenvalue weighted by atomic mass is 10.2. The monoisotopic (exact) mass is 316 g/mol. The van der Waals surface area contributed by atoms with E-state index < -0.39 is 11.7 Å². The van der Waals surface area contributed by atoms with Crippen LogP contribution in [0, 0.1) is 5.82 Å². The molecule has 2 aromatic rings. The van der Waals surface area contributed by atoms with E-state index in [-0.39, 0.29) is 17.5 Å². The maximum absolute atomic E-state index is 13.6. The highest BCUT2D eigenvalue weighted by atomic mass is 19.1. The average Bonchev–Trinajstić information content (AvgIpc) is 3.09. The summed E-state index contributed by atoms with van der Waals surface area (Å²) in [7, 11) is 0. The van der Waals surface area contributed by atoms with Crippen LogP contribution < -0.4 is 10.6 Å². The average molecular weight is 316 g/mol. The van der Waals surface area contributed by atoms with Crippen molar-refractivity contribution in [1.29, 1.82) is 0 Å². The minimum atomic E-state index is -0.494. The summed E-state index contributed by atoms with van der Waals surface area (Å²) in [6.07, 6.45) is 3.54. The van der Waals surface area contributed by atoms with E-state index in [0.29, 0.717) is 12.4 Å². The fourth-order valence-electron chi connectivity index (χ4n) is 2.35. The molecule has 0 spiro atoms. The third-order valence-electron chi connectivity index (χ3n) is 3.56. The molecule has 0 bridgehead atoms. The van der Waals surface area contributed by atoms with Gasteiger partial charge < -0.3 is 15.4 Å². The first-order chi connectivity index (χ1) is 11.2. The quantitative estimate of drug-likeness (QED) is 0.886. The third-order valence-corrected chi connectivity index (χ3v) is 3.56. The first-order valence-corrected chi connectivity index (χ1v) is 7.46. The van der Waals surface area contributed by atoms with E-state index >= 15 is 0 Å². The minimum absolute atomic E-state index is 0.116. The molecule has 1 atom stereocenters. The zero-order valence-corrected chi connectivity index (χ0v) is 12.5. The second kappa shape index (κ2) is 7.15. The Morgan fingerprint density at radius 1 is 1.35 bits per heavy atom. The number of carbonyl (C=O) groups excluding carboxylic acids is 1. The van der Waals surface area contributed by atoms with Crippen LogP contribution in [0.4, 0.5) is 15.9 Å². The number of nitrogens with zero attached hydrogens (tertiary/aromatic N) is 2. The number of hydrogen-bond donors (Lipinski definition) is 2. The Bertz CT molecular complexity index is 689. The first kappa shape index (κ1) is 15.4. The number of carbonyl (C=O) groups is 1. The van der Waals surface area contributed by atoms with Crippen LogP contribution >= 0.6 is 0 Å². The fraction of sp³-hybridized carbons (Fsp3) is 0.312. The second-order valence-electron chi connectivity index (χ2n) is 5.24. The van der Waals surface area contributed by atoms with Gasteiger partial charge in [-0.1, -0.05) is 12.1 Å². The summed E-state index contributed by atoms with van der Waals surface area (Å²) in [6.45, 7) is 1.41. The molecule has 1 amide bonds. The molecule has 3 rings (SSSR count). The van der Waals surface area contributed by atoms with Crippen LogP contribution in [0.2, 0.25) is 0 Å². The molecular weight excluding hydrogens is 299 g/mol. The van der Waals surface area contributed by atoms with Gasteiger partial charge in [-0.25, -0.2) is 14.4 Å². The van der Waals surface area contributed by atoms with Crippen LogP contribution in [0.15, 0.2) is 36.7 Å². The van der Waals surface area contributed by atoms with Crippen molar-refractivity contribution < 1.29 is 13.9 Å². The van der Waals surface area contributed by atoms with E-state index in [4.69, 9.17) is 4.74 Å². The second-order valence-corrected chi connectivity index (χ2v) is 5.24. The summed E-state index contributed by atoms with van der Waals surface area (Å²) < 4.78 is 19.1. The molecule has 2 N–H and O–H groups in total. The Kier molecular flexibility index (Phi) is 4.77. The normalized spacial score (nSPS) is 17.0. The molecule has 0 saturated carbocycles. The maximum Gasteiger partial charge on any atom is 0.274 e. The number of rotatable bonds is 5. The molecule has 1 aromatic heterocycles. The predicted octanol–water partition coefficient (Wildman–Crippen LogP) is 2.46.